The Morgan fingerprint density at radius 1 is 1.23 bits per heavy atom. The molecular weight excluding hydrogens is 382 g/mol. The number of anilines is 3. The zero-order chi connectivity index (χ0) is 21.1. The first-order valence-corrected chi connectivity index (χ1v) is 9.52. The minimum absolute atomic E-state index is 0.0535. The van der Waals surface area contributed by atoms with Crippen molar-refractivity contribution in [2.45, 2.75) is 20.4 Å². The van der Waals surface area contributed by atoms with Gasteiger partial charge in [0.1, 0.15) is 30.1 Å². The van der Waals surface area contributed by atoms with E-state index >= 15 is 0 Å². The summed E-state index contributed by atoms with van der Waals surface area (Å²) in [4.78, 5) is 16.1. The summed E-state index contributed by atoms with van der Waals surface area (Å²) < 4.78 is 5.78. The SMILES string of the molecule is Cc1cc(Nc2cc(C)c(C#N)c(NCCOc3ccc4c(c3)CNC4=O)n2)n[nH]1. The highest BCUT2D eigenvalue weighted by Gasteiger charge is 2.18. The number of hydrogen-bond acceptors (Lipinski definition) is 7. The van der Waals surface area contributed by atoms with Crippen LogP contribution in [0.2, 0.25) is 0 Å². The van der Waals surface area contributed by atoms with E-state index in [9.17, 15) is 10.1 Å². The molecule has 0 radical (unpaired) electrons. The number of nitrogens with zero attached hydrogens (tertiary/aromatic N) is 3. The molecule has 2 aromatic heterocycles. The van der Waals surface area contributed by atoms with E-state index in [4.69, 9.17) is 4.74 Å². The van der Waals surface area contributed by atoms with Crippen molar-refractivity contribution in [3.05, 3.63) is 58.3 Å². The maximum atomic E-state index is 11.6. The van der Waals surface area contributed by atoms with E-state index in [1.165, 1.54) is 0 Å². The Kier molecular flexibility index (Phi) is 5.22. The molecule has 4 N–H and O–H groups in total. The molecule has 0 unspecified atom stereocenters. The summed E-state index contributed by atoms with van der Waals surface area (Å²) in [6, 6.07) is 11.3. The second kappa shape index (κ2) is 8.13. The first kappa shape index (κ1) is 19.3. The minimum atomic E-state index is -0.0535. The molecule has 30 heavy (non-hydrogen) atoms. The second-order valence-corrected chi connectivity index (χ2v) is 7.00. The number of pyridine rings is 1. The number of hydrogen-bond donors (Lipinski definition) is 4. The number of rotatable bonds is 7. The third-order valence-corrected chi connectivity index (χ3v) is 4.71. The highest BCUT2D eigenvalue weighted by molar-refractivity contribution is 5.98. The van der Waals surface area contributed by atoms with Crippen molar-refractivity contribution in [3.8, 4) is 11.8 Å². The Labute approximate surface area is 173 Å². The number of fused-ring (bicyclic) bond motifs is 1. The Balaban J connectivity index is 1.40. The van der Waals surface area contributed by atoms with Crippen LogP contribution in [0.3, 0.4) is 0 Å². The molecule has 1 aliphatic heterocycles. The Morgan fingerprint density at radius 2 is 2.10 bits per heavy atom. The molecule has 0 fully saturated rings. The van der Waals surface area contributed by atoms with Crippen LogP contribution in [-0.4, -0.2) is 34.2 Å². The van der Waals surface area contributed by atoms with Gasteiger partial charge in [-0.1, -0.05) is 0 Å². The van der Waals surface area contributed by atoms with Crippen LogP contribution in [0.5, 0.6) is 5.75 Å². The van der Waals surface area contributed by atoms with Crippen molar-refractivity contribution in [1.82, 2.24) is 20.5 Å². The van der Waals surface area contributed by atoms with E-state index in [1.54, 1.807) is 12.1 Å². The predicted molar refractivity (Wildman–Crippen MR) is 112 cm³/mol. The Morgan fingerprint density at radius 3 is 2.87 bits per heavy atom. The Bertz CT molecular complexity index is 1150. The third kappa shape index (κ3) is 4.03. The summed E-state index contributed by atoms with van der Waals surface area (Å²) in [6.07, 6.45) is 0. The lowest BCUT2D eigenvalue weighted by atomic mass is 10.1. The molecule has 152 valence electrons. The number of benzene rings is 1. The summed E-state index contributed by atoms with van der Waals surface area (Å²) in [6.45, 7) is 5.14. The van der Waals surface area contributed by atoms with Crippen LogP contribution in [0.4, 0.5) is 17.5 Å². The van der Waals surface area contributed by atoms with Crippen molar-refractivity contribution < 1.29 is 9.53 Å². The van der Waals surface area contributed by atoms with Gasteiger partial charge in [0.25, 0.3) is 5.91 Å². The molecule has 9 heteroatoms. The summed E-state index contributed by atoms with van der Waals surface area (Å²) in [7, 11) is 0. The average Bonchev–Trinajstić information content (AvgIpc) is 3.30. The van der Waals surface area contributed by atoms with E-state index < -0.39 is 0 Å². The van der Waals surface area contributed by atoms with E-state index in [0.717, 1.165) is 16.8 Å². The van der Waals surface area contributed by atoms with Gasteiger partial charge in [-0.15, -0.1) is 0 Å². The molecule has 4 rings (SSSR count). The molecule has 0 aliphatic carbocycles. The number of H-pyrrole nitrogens is 1. The van der Waals surface area contributed by atoms with Gasteiger partial charge < -0.3 is 20.7 Å². The lowest BCUT2D eigenvalue weighted by Crippen LogP contribution is -2.14. The molecule has 3 heterocycles. The van der Waals surface area contributed by atoms with Gasteiger partial charge >= 0.3 is 0 Å². The number of nitriles is 1. The average molecular weight is 403 g/mol. The molecular formula is C21H21N7O2. The van der Waals surface area contributed by atoms with E-state index in [1.807, 2.05) is 32.0 Å². The topological polar surface area (TPSA) is 128 Å². The molecule has 3 aromatic rings. The molecule has 9 nitrogen and oxygen atoms in total. The van der Waals surface area contributed by atoms with Crippen molar-refractivity contribution in [2.24, 2.45) is 0 Å². The summed E-state index contributed by atoms with van der Waals surface area (Å²) in [5.74, 6) is 2.38. The third-order valence-electron chi connectivity index (χ3n) is 4.71. The van der Waals surface area contributed by atoms with Gasteiger partial charge in [0.15, 0.2) is 5.82 Å². The van der Waals surface area contributed by atoms with Gasteiger partial charge in [0.05, 0.1) is 12.1 Å². The minimum Gasteiger partial charge on any atom is -0.492 e. The van der Waals surface area contributed by atoms with Crippen molar-refractivity contribution in [2.75, 3.05) is 23.8 Å². The lowest BCUT2D eigenvalue weighted by Gasteiger charge is -2.13. The summed E-state index contributed by atoms with van der Waals surface area (Å²) in [5.41, 5.74) is 3.85. The van der Waals surface area contributed by atoms with Crippen LogP contribution in [-0.2, 0) is 6.54 Å². The summed E-state index contributed by atoms with van der Waals surface area (Å²) >= 11 is 0. The van der Waals surface area contributed by atoms with E-state index in [-0.39, 0.29) is 5.91 Å². The maximum absolute atomic E-state index is 11.6. The number of carbonyl (C=O) groups is 1. The lowest BCUT2D eigenvalue weighted by molar-refractivity contribution is 0.0965. The van der Waals surface area contributed by atoms with Crippen molar-refractivity contribution in [1.29, 1.82) is 5.26 Å². The van der Waals surface area contributed by atoms with E-state index in [0.29, 0.717) is 54.0 Å². The number of aryl methyl sites for hydroxylation is 2. The number of amides is 1. The maximum Gasteiger partial charge on any atom is 0.251 e. The normalized spacial score (nSPS) is 12.1. The zero-order valence-electron chi connectivity index (χ0n) is 16.7. The number of carbonyl (C=O) groups excluding carboxylic acids is 1. The van der Waals surface area contributed by atoms with Gasteiger partial charge in [-0.05, 0) is 49.2 Å². The fourth-order valence-corrected chi connectivity index (χ4v) is 3.26. The fourth-order valence-electron chi connectivity index (χ4n) is 3.26. The highest BCUT2D eigenvalue weighted by Crippen LogP contribution is 2.23. The smallest absolute Gasteiger partial charge is 0.251 e. The number of ether oxygens (including phenoxy) is 1. The van der Waals surface area contributed by atoms with Crippen LogP contribution >= 0.6 is 0 Å². The van der Waals surface area contributed by atoms with E-state index in [2.05, 4.69) is 37.2 Å². The van der Waals surface area contributed by atoms with Crippen LogP contribution in [0.1, 0.15) is 32.7 Å². The zero-order valence-corrected chi connectivity index (χ0v) is 16.7. The first-order valence-electron chi connectivity index (χ1n) is 9.52. The van der Waals surface area contributed by atoms with Gasteiger partial charge in [-0.25, -0.2) is 4.98 Å². The Hall–Kier alpha value is -4.06. The van der Waals surface area contributed by atoms with Crippen LogP contribution in [0.15, 0.2) is 30.3 Å². The second-order valence-electron chi connectivity index (χ2n) is 7.00. The van der Waals surface area contributed by atoms with Crippen LogP contribution in [0.25, 0.3) is 0 Å². The molecule has 0 saturated heterocycles. The van der Waals surface area contributed by atoms with Gasteiger partial charge in [-0.3, -0.25) is 9.89 Å². The van der Waals surface area contributed by atoms with Crippen molar-refractivity contribution in [3.63, 3.8) is 0 Å². The molecule has 0 saturated carbocycles. The fraction of sp³-hybridized carbons (Fsp3) is 0.238. The van der Waals surface area contributed by atoms with Crippen molar-refractivity contribution >= 4 is 23.4 Å². The highest BCUT2D eigenvalue weighted by atomic mass is 16.5. The van der Waals surface area contributed by atoms with Crippen LogP contribution in [0, 0.1) is 25.2 Å². The molecule has 1 amide bonds. The number of aromatic amines is 1. The largest absolute Gasteiger partial charge is 0.492 e. The number of aromatic nitrogens is 3. The molecule has 0 bridgehead atoms. The summed E-state index contributed by atoms with van der Waals surface area (Å²) in [5, 5.41) is 25.6. The monoisotopic (exact) mass is 403 g/mol. The standard InChI is InChI=1S/C21H21N7O2/c1-12-7-18(25-19-8-13(2)27-28-19)26-20(17(12)10-22)23-5-6-30-15-3-4-16-14(9-15)11-24-21(16)29/h3-4,7-9H,5-6,11H2,1-2H3,(H,24,29)(H3,23,25,26,27,28). The quantitative estimate of drug-likeness (QED) is 0.447. The predicted octanol–water partition coefficient (Wildman–Crippen LogP) is 2.77. The first-order chi connectivity index (χ1) is 14.5. The molecule has 1 aromatic carbocycles. The van der Waals surface area contributed by atoms with Gasteiger partial charge in [0, 0.05) is 23.9 Å². The van der Waals surface area contributed by atoms with Crippen LogP contribution < -0.4 is 20.7 Å². The molecule has 1 aliphatic rings. The number of nitrogens with one attached hydrogen (secondary N) is 4. The molecule has 0 atom stereocenters. The van der Waals surface area contributed by atoms with Gasteiger partial charge in [0.2, 0.25) is 0 Å². The molecule has 0 spiro atoms. The van der Waals surface area contributed by atoms with Gasteiger partial charge in [-0.2, -0.15) is 10.4 Å².